The fourth-order valence-corrected chi connectivity index (χ4v) is 9.79. The van der Waals surface area contributed by atoms with Gasteiger partial charge in [0.1, 0.15) is 11.5 Å². The third kappa shape index (κ3) is 5.72. The summed E-state index contributed by atoms with van der Waals surface area (Å²) in [6.45, 7) is 10.1. The van der Waals surface area contributed by atoms with Crippen molar-refractivity contribution in [3.05, 3.63) is 174 Å². The number of rotatable bonds is 10. The molecule has 2 atom stereocenters. The van der Waals surface area contributed by atoms with Gasteiger partial charge in [0.25, 0.3) is 11.4 Å². The van der Waals surface area contributed by atoms with Crippen LogP contribution in [0.15, 0.2) is 109 Å². The molecule has 12 heteroatoms. The Morgan fingerprint density at radius 2 is 0.967 bits per heavy atom. The molecule has 4 heterocycles. The summed E-state index contributed by atoms with van der Waals surface area (Å²) in [5.41, 5.74) is 6.03. The highest BCUT2D eigenvalue weighted by Crippen LogP contribution is 2.58. The highest BCUT2D eigenvalue weighted by molar-refractivity contribution is 5.76. The summed E-state index contributed by atoms with van der Waals surface area (Å²) in [5.74, 6) is 1.14. The summed E-state index contributed by atoms with van der Waals surface area (Å²) < 4.78 is 25.3. The van der Waals surface area contributed by atoms with Crippen LogP contribution in [-0.4, -0.2) is 35.5 Å². The largest absolute Gasteiger partial charge is 0.462 e. The van der Waals surface area contributed by atoms with Gasteiger partial charge in [-0.15, -0.1) is 0 Å². The van der Waals surface area contributed by atoms with Crippen molar-refractivity contribution in [2.45, 2.75) is 76.3 Å². The van der Waals surface area contributed by atoms with Gasteiger partial charge in [0, 0.05) is 85.2 Å². The lowest BCUT2D eigenvalue weighted by Gasteiger charge is -2.47. The predicted molar refractivity (Wildman–Crippen MR) is 230 cm³/mol. The first-order valence-corrected chi connectivity index (χ1v) is 19.9. The van der Waals surface area contributed by atoms with E-state index in [9.17, 15) is 20.2 Å². The summed E-state index contributed by atoms with van der Waals surface area (Å²) in [6.07, 6.45) is 7.98. The van der Waals surface area contributed by atoms with E-state index in [1.165, 1.54) is 12.1 Å². The van der Waals surface area contributed by atoms with E-state index >= 15 is 0 Å². The number of non-ortho nitro benzene ring substituents is 2. The Morgan fingerprint density at radius 1 is 0.583 bits per heavy atom. The Labute approximate surface area is 348 Å². The Bertz CT molecular complexity index is 2460. The number of benzene rings is 5. The summed E-state index contributed by atoms with van der Waals surface area (Å²) in [7, 11) is 3.14. The number of nitro groups is 2. The van der Waals surface area contributed by atoms with Crippen molar-refractivity contribution < 1.29 is 28.8 Å². The molecule has 9 rings (SSSR count). The Morgan fingerprint density at radius 3 is 1.33 bits per heavy atom. The molecule has 2 unspecified atom stereocenters. The molecule has 0 amide bonds. The lowest BCUT2D eigenvalue weighted by Crippen LogP contribution is -2.59. The number of hydrogen-bond acceptors (Lipinski definition) is 10. The number of fused-ring (bicyclic) bond motifs is 4. The van der Waals surface area contributed by atoms with Crippen molar-refractivity contribution in [1.82, 2.24) is 0 Å². The number of nitrogens with zero attached hydrogens (tertiary/aromatic N) is 4. The topological polar surface area (TPSA) is 130 Å². The van der Waals surface area contributed by atoms with Gasteiger partial charge in [-0.05, 0) is 86.4 Å². The SMILES string of the molecule is COCc1cc([N+](=O)[O-])cc2c1OC1(C=C2)N(Cc2ccc(CN3c4ccccc4C(C)(C)C34C=Cc3cc([N+](=O)[O-])cc(COC)c3O4)cc2)c2ccccc2C1(C)C. The number of nitro benzene ring substituents is 2. The van der Waals surface area contributed by atoms with E-state index in [0.29, 0.717) is 46.8 Å². The van der Waals surface area contributed by atoms with Crippen molar-refractivity contribution in [2.24, 2.45) is 0 Å². The normalized spacial score (nSPS) is 21.0. The van der Waals surface area contributed by atoms with Crippen LogP contribution in [0.5, 0.6) is 11.5 Å². The molecule has 5 aromatic carbocycles. The highest BCUT2D eigenvalue weighted by atomic mass is 16.6. The monoisotopic (exact) mass is 806 g/mol. The molecule has 4 aliphatic heterocycles. The van der Waals surface area contributed by atoms with E-state index in [4.69, 9.17) is 18.9 Å². The molecule has 0 aliphatic carbocycles. The van der Waals surface area contributed by atoms with Gasteiger partial charge in [-0.1, -0.05) is 60.7 Å². The van der Waals surface area contributed by atoms with Crippen LogP contribution in [0, 0.1) is 20.2 Å². The minimum absolute atomic E-state index is 0.0131. The molecule has 0 N–H and O–H groups in total. The number of para-hydroxylation sites is 2. The second-order valence-electron chi connectivity index (χ2n) is 17.0. The van der Waals surface area contributed by atoms with E-state index in [1.54, 1.807) is 26.4 Å². The summed E-state index contributed by atoms with van der Waals surface area (Å²) in [6, 6.07) is 31.5. The van der Waals surface area contributed by atoms with Crippen LogP contribution in [0.3, 0.4) is 0 Å². The van der Waals surface area contributed by atoms with Crippen LogP contribution in [0.2, 0.25) is 0 Å². The second kappa shape index (κ2) is 14.1. The van der Waals surface area contributed by atoms with E-state index in [-0.39, 0.29) is 24.6 Å². The summed E-state index contributed by atoms with van der Waals surface area (Å²) >= 11 is 0. The maximum Gasteiger partial charge on any atom is 0.270 e. The molecule has 12 nitrogen and oxygen atoms in total. The van der Waals surface area contributed by atoms with Crippen LogP contribution >= 0.6 is 0 Å². The first-order chi connectivity index (χ1) is 28.7. The van der Waals surface area contributed by atoms with Gasteiger partial charge in [0.05, 0.1) is 33.9 Å². The molecule has 0 saturated carbocycles. The lowest BCUT2D eigenvalue weighted by molar-refractivity contribution is -0.385. The van der Waals surface area contributed by atoms with E-state index in [1.807, 2.05) is 48.6 Å². The van der Waals surface area contributed by atoms with E-state index in [2.05, 4.69) is 86.0 Å². The molecule has 0 bridgehead atoms. The first kappa shape index (κ1) is 39.0. The van der Waals surface area contributed by atoms with Crippen molar-refractivity contribution in [3.63, 3.8) is 0 Å². The van der Waals surface area contributed by atoms with E-state index < -0.39 is 32.1 Å². The molecular formula is C48H46N4O8. The quantitative estimate of drug-likeness (QED) is 0.0993. The van der Waals surface area contributed by atoms with Crippen LogP contribution in [0.25, 0.3) is 12.2 Å². The predicted octanol–water partition coefficient (Wildman–Crippen LogP) is 10.00. The van der Waals surface area contributed by atoms with Crippen molar-refractivity contribution in [2.75, 3.05) is 24.0 Å². The van der Waals surface area contributed by atoms with Gasteiger partial charge in [0.2, 0.25) is 11.4 Å². The molecule has 306 valence electrons. The molecule has 0 aromatic heterocycles. The third-order valence-corrected chi connectivity index (χ3v) is 12.9. The zero-order valence-corrected chi connectivity index (χ0v) is 34.4. The van der Waals surface area contributed by atoms with Gasteiger partial charge in [-0.3, -0.25) is 20.2 Å². The second-order valence-corrected chi connectivity index (χ2v) is 17.0. The molecule has 0 radical (unpaired) electrons. The number of methoxy groups -OCH3 is 2. The van der Waals surface area contributed by atoms with Crippen LogP contribution in [-0.2, 0) is 46.6 Å². The number of hydrogen-bond donors (Lipinski definition) is 0. The average molecular weight is 807 g/mol. The molecule has 4 aliphatic rings. The zero-order chi connectivity index (χ0) is 42.2. The molecule has 0 fully saturated rings. The molecule has 5 aromatic rings. The first-order valence-electron chi connectivity index (χ1n) is 19.9. The van der Waals surface area contributed by atoms with Gasteiger partial charge in [-0.2, -0.15) is 0 Å². The standard InChI is InChI=1S/C48H46N4O8/c1-45(2)39-11-7-9-13-41(39)49(47(45)21-19-33-23-37(51(53)54)25-35(29-57-5)43(33)59-47)27-31-15-17-32(18-16-31)28-50-42-14-10-8-12-40(42)46(3,4)48(50)22-20-34-24-38(52(55)56)26-36(30-58-6)44(34)60-48/h7-26H,27-30H2,1-6H3. The minimum Gasteiger partial charge on any atom is -0.462 e. The Balaban J connectivity index is 1.06. The van der Waals surface area contributed by atoms with E-state index in [0.717, 1.165) is 33.6 Å². The fraction of sp³-hybridized carbons (Fsp3) is 0.292. The number of ether oxygens (including phenoxy) is 4. The fourth-order valence-electron chi connectivity index (χ4n) is 9.79. The summed E-state index contributed by atoms with van der Waals surface area (Å²) in [5, 5.41) is 23.7. The minimum atomic E-state index is -0.957. The van der Waals surface area contributed by atoms with Crippen molar-refractivity contribution in [1.29, 1.82) is 0 Å². The zero-order valence-electron chi connectivity index (χ0n) is 34.4. The Hall–Kier alpha value is -6.50. The van der Waals surface area contributed by atoms with Crippen LogP contribution in [0.4, 0.5) is 22.7 Å². The maximum atomic E-state index is 11.8. The van der Waals surface area contributed by atoms with Gasteiger partial charge in [0.15, 0.2) is 0 Å². The summed E-state index contributed by atoms with van der Waals surface area (Å²) in [4.78, 5) is 27.5. The Kier molecular flexibility index (Phi) is 9.14. The van der Waals surface area contributed by atoms with Crippen molar-refractivity contribution >= 4 is 34.9 Å². The maximum absolute atomic E-state index is 11.8. The van der Waals surface area contributed by atoms with Crippen LogP contribution < -0.4 is 19.3 Å². The molecular weight excluding hydrogens is 761 g/mol. The third-order valence-electron chi connectivity index (χ3n) is 12.9. The van der Waals surface area contributed by atoms with Gasteiger partial charge >= 0.3 is 0 Å². The number of anilines is 2. The van der Waals surface area contributed by atoms with Gasteiger partial charge < -0.3 is 28.7 Å². The lowest BCUT2D eigenvalue weighted by atomic mass is 9.76. The molecule has 2 spiro atoms. The van der Waals surface area contributed by atoms with Crippen LogP contribution in [0.1, 0.15) is 72.2 Å². The van der Waals surface area contributed by atoms with Crippen molar-refractivity contribution in [3.8, 4) is 11.5 Å². The highest BCUT2D eigenvalue weighted by Gasteiger charge is 2.60. The average Bonchev–Trinajstić information content (AvgIpc) is 3.52. The smallest absolute Gasteiger partial charge is 0.270 e. The molecule has 0 saturated heterocycles. The van der Waals surface area contributed by atoms with Gasteiger partial charge in [-0.25, -0.2) is 0 Å². The molecule has 60 heavy (non-hydrogen) atoms.